The van der Waals surface area contributed by atoms with Crippen LogP contribution in [-0.4, -0.2) is 77.2 Å². The van der Waals surface area contributed by atoms with Crippen molar-refractivity contribution in [2.24, 2.45) is 0 Å². The standard InChI is InChI=1S/C21H34N4O3/c1-15(2)28-21(27)24-13-7-16(8-14-24)23-11-9-17(10-12-23)25-19-6-4-3-5-18(19)22-20(25)26/h16-19H,1,3-14H2,2H3,(H,22,26)/t18-,19-/m0/s1. The summed E-state index contributed by atoms with van der Waals surface area (Å²) in [7, 11) is 0. The van der Waals surface area contributed by atoms with E-state index < -0.39 is 0 Å². The summed E-state index contributed by atoms with van der Waals surface area (Å²) in [6.07, 6.45) is 8.62. The highest BCUT2D eigenvalue weighted by molar-refractivity contribution is 5.78. The van der Waals surface area contributed by atoms with Crippen LogP contribution in [0, 0.1) is 0 Å². The quantitative estimate of drug-likeness (QED) is 0.753. The first-order valence-electron chi connectivity index (χ1n) is 11.0. The van der Waals surface area contributed by atoms with Crippen molar-refractivity contribution >= 4 is 12.1 Å². The Kier molecular flexibility index (Phi) is 5.80. The molecule has 2 atom stereocenters. The van der Waals surface area contributed by atoms with Gasteiger partial charge in [0.25, 0.3) is 0 Å². The van der Waals surface area contributed by atoms with E-state index in [1.165, 1.54) is 12.8 Å². The molecule has 1 aliphatic carbocycles. The van der Waals surface area contributed by atoms with E-state index in [2.05, 4.69) is 21.7 Å². The van der Waals surface area contributed by atoms with Crippen LogP contribution in [0.15, 0.2) is 12.3 Å². The topological polar surface area (TPSA) is 65.1 Å². The van der Waals surface area contributed by atoms with Crippen LogP contribution in [0.4, 0.5) is 9.59 Å². The summed E-state index contributed by atoms with van der Waals surface area (Å²) in [5.74, 6) is 0.445. The largest absolute Gasteiger partial charge is 0.416 e. The summed E-state index contributed by atoms with van der Waals surface area (Å²) in [4.78, 5) is 31.1. The minimum absolute atomic E-state index is 0.166. The minimum Gasteiger partial charge on any atom is -0.416 e. The van der Waals surface area contributed by atoms with Gasteiger partial charge in [0, 0.05) is 38.3 Å². The van der Waals surface area contributed by atoms with E-state index in [-0.39, 0.29) is 12.1 Å². The third kappa shape index (κ3) is 4.00. The number of nitrogens with one attached hydrogen (secondary N) is 1. The molecule has 0 aromatic rings. The number of carbonyl (C=O) groups excluding carboxylic acids is 2. The Morgan fingerprint density at radius 2 is 1.64 bits per heavy atom. The number of urea groups is 1. The zero-order chi connectivity index (χ0) is 19.7. The van der Waals surface area contributed by atoms with E-state index in [0.29, 0.717) is 29.9 Å². The van der Waals surface area contributed by atoms with Gasteiger partial charge in [-0.25, -0.2) is 9.59 Å². The molecule has 0 aromatic heterocycles. The molecule has 4 rings (SSSR count). The van der Waals surface area contributed by atoms with Gasteiger partial charge in [-0.15, -0.1) is 0 Å². The SMILES string of the molecule is C=C(C)OC(=O)N1CCC(N2CCC(N3C(=O)N[C@H]4CCCC[C@@H]43)CC2)CC1. The van der Waals surface area contributed by atoms with Gasteiger partial charge in [0.2, 0.25) is 0 Å². The molecule has 1 saturated carbocycles. The molecule has 7 nitrogen and oxygen atoms in total. The van der Waals surface area contributed by atoms with E-state index in [0.717, 1.165) is 64.7 Å². The fraction of sp³-hybridized carbons (Fsp3) is 0.810. The number of piperidine rings is 2. The highest BCUT2D eigenvalue weighted by atomic mass is 16.6. The van der Waals surface area contributed by atoms with Crippen molar-refractivity contribution < 1.29 is 14.3 Å². The van der Waals surface area contributed by atoms with Crippen molar-refractivity contribution in [1.82, 2.24) is 20.0 Å². The Labute approximate surface area is 168 Å². The van der Waals surface area contributed by atoms with Crippen LogP contribution >= 0.6 is 0 Å². The predicted octanol–water partition coefficient (Wildman–Crippen LogP) is 2.92. The average Bonchev–Trinajstić information content (AvgIpc) is 3.03. The molecule has 0 radical (unpaired) electrons. The van der Waals surface area contributed by atoms with Crippen molar-refractivity contribution in [2.75, 3.05) is 26.2 Å². The third-order valence-electron chi connectivity index (χ3n) is 7.02. The molecule has 0 aromatic carbocycles. The average molecular weight is 391 g/mol. The van der Waals surface area contributed by atoms with Crippen molar-refractivity contribution in [2.45, 2.75) is 82.5 Å². The van der Waals surface area contributed by atoms with Gasteiger partial charge in [-0.1, -0.05) is 19.4 Å². The molecule has 4 fully saturated rings. The molecule has 3 amide bonds. The number of hydrogen-bond donors (Lipinski definition) is 1. The number of likely N-dealkylation sites (tertiary alicyclic amines) is 2. The van der Waals surface area contributed by atoms with E-state index in [4.69, 9.17) is 4.74 Å². The number of rotatable bonds is 3. The lowest BCUT2D eigenvalue weighted by Crippen LogP contribution is -2.53. The zero-order valence-electron chi connectivity index (χ0n) is 17.1. The lowest BCUT2D eigenvalue weighted by molar-refractivity contribution is 0.0531. The molecule has 0 unspecified atom stereocenters. The van der Waals surface area contributed by atoms with Gasteiger partial charge in [0.05, 0.1) is 17.8 Å². The molecular weight excluding hydrogens is 356 g/mol. The van der Waals surface area contributed by atoms with Gasteiger partial charge < -0.3 is 24.8 Å². The van der Waals surface area contributed by atoms with Gasteiger partial charge in [-0.3, -0.25) is 0 Å². The summed E-state index contributed by atoms with van der Waals surface area (Å²) in [5, 5.41) is 3.22. The number of carbonyl (C=O) groups is 2. The van der Waals surface area contributed by atoms with Crippen molar-refractivity contribution in [3.8, 4) is 0 Å². The molecule has 1 N–H and O–H groups in total. The van der Waals surface area contributed by atoms with Crippen molar-refractivity contribution in [3.63, 3.8) is 0 Å². The predicted molar refractivity (Wildman–Crippen MR) is 107 cm³/mol. The molecule has 156 valence electrons. The first-order chi connectivity index (χ1) is 13.5. The van der Waals surface area contributed by atoms with Crippen molar-refractivity contribution in [1.29, 1.82) is 0 Å². The van der Waals surface area contributed by atoms with Crippen LogP contribution < -0.4 is 5.32 Å². The Hall–Kier alpha value is -1.76. The Morgan fingerprint density at radius 1 is 1.00 bits per heavy atom. The van der Waals surface area contributed by atoms with Crippen LogP contribution in [-0.2, 0) is 4.74 Å². The third-order valence-corrected chi connectivity index (χ3v) is 7.02. The molecule has 3 heterocycles. The highest BCUT2D eigenvalue weighted by Gasteiger charge is 2.44. The van der Waals surface area contributed by atoms with Gasteiger partial charge in [-0.05, 0) is 45.4 Å². The molecule has 4 aliphatic rings. The van der Waals surface area contributed by atoms with Crippen molar-refractivity contribution in [3.05, 3.63) is 12.3 Å². The maximum Gasteiger partial charge on any atom is 0.414 e. The van der Waals surface area contributed by atoms with Gasteiger partial charge in [-0.2, -0.15) is 0 Å². The van der Waals surface area contributed by atoms with Crippen LogP contribution in [0.5, 0.6) is 0 Å². The second-order valence-corrected chi connectivity index (χ2v) is 8.87. The van der Waals surface area contributed by atoms with Crippen LogP contribution in [0.25, 0.3) is 0 Å². The first-order valence-corrected chi connectivity index (χ1v) is 11.0. The number of nitrogens with zero attached hydrogens (tertiary/aromatic N) is 3. The number of amides is 3. The van der Waals surface area contributed by atoms with Crippen LogP contribution in [0.3, 0.4) is 0 Å². The maximum atomic E-state index is 12.5. The maximum absolute atomic E-state index is 12.5. The van der Waals surface area contributed by atoms with E-state index >= 15 is 0 Å². The molecular formula is C21H34N4O3. The monoisotopic (exact) mass is 390 g/mol. The molecule has 3 aliphatic heterocycles. The van der Waals surface area contributed by atoms with Gasteiger partial charge in [0.1, 0.15) is 0 Å². The summed E-state index contributed by atoms with van der Waals surface area (Å²) in [6.45, 7) is 8.92. The molecule has 7 heteroatoms. The molecule has 3 saturated heterocycles. The second-order valence-electron chi connectivity index (χ2n) is 8.87. The molecule has 0 bridgehead atoms. The summed E-state index contributed by atoms with van der Waals surface area (Å²) in [6, 6.07) is 1.88. The number of allylic oxidation sites excluding steroid dienone is 1. The van der Waals surface area contributed by atoms with E-state index in [9.17, 15) is 9.59 Å². The van der Waals surface area contributed by atoms with Crippen LogP contribution in [0.2, 0.25) is 0 Å². The lowest BCUT2D eigenvalue weighted by Gasteiger charge is -2.44. The normalized spacial score (nSPS) is 30.1. The second kappa shape index (κ2) is 8.31. The fourth-order valence-electron chi connectivity index (χ4n) is 5.59. The number of hydrogen-bond acceptors (Lipinski definition) is 4. The smallest absolute Gasteiger partial charge is 0.414 e. The number of fused-ring (bicyclic) bond motifs is 1. The summed E-state index contributed by atoms with van der Waals surface area (Å²) >= 11 is 0. The number of ether oxygens (including phenoxy) is 1. The zero-order valence-corrected chi connectivity index (χ0v) is 17.1. The Balaban J connectivity index is 1.25. The first kappa shape index (κ1) is 19.6. The lowest BCUT2D eigenvalue weighted by atomic mass is 9.89. The van der Waals surface area contributed by atoms with Gasteiger partial charge in [0.15, 0.2) is 0 Å². The summed E-state index contributed by atoms with van der Waals surface area (Å²) < 4.78 is 5.13. The van der Waals surface area contributed by atoms with E-state index in [1.54, 1.807) is 11.8 Å². The fourth-order valence-corrected chi connectivity index (χ4v) is 5.59. The highest BCUT2D eigenvalue weighted by Crippen LogP contribution is 2.33. The minimum atomic E-state index is -0.272. The van der Waals surface area contributed by atoms with Crippen LogP contribution in [0.1, 0.15) is 58.3 Å². The Morgan fingerprint density at radius 3 is 2.32 bits per heavy atom. The Bertz CT molecular complexity index is 609. The summed E-state index contributed by atoms with van der Waals surface area (Å²) in [5.41, 5.74) is 0. The van der Waals surface area contributed by atoms with Gasteiger partial charge >= 0.3 is 12.1 Å². The molecule has 28 heavy (non-hydrogen) atoms. The van der Waals surface area contributed by atoms with E-state index in [1.807, 2.05) is 0 Å². The molecule has 0 spiro atoms.